The Morgan fingerprint density at radius 2 is 1.46 bits per heavy atom. The number of carbonyl (C=O) groups excluding carboxylic acids is 7. The van der Waals surface area contributed by atoms with Crippen molar-refractivity contribution in [2.45, 2.75) is 146 Å². The number of hydrogen-bond acceptors (Lipinski definition) is 12. The van der Waals surface area contributed by atoms with Crippen molar-refractivity contribution in [1.82, 2.24) is 36.4 Å². The lowest BCUT2D eigenvalue weighted by Crippen LogP contribution is -2.61. The van der Waals surface area contributed by atoms with E-state index in [-0.39, 0.29) is 75.9 Å². The molecule has 19 heteroatoms. The van der Waals surface area contributed by atoms with E-state index >= 15 is 0 Å². The van der Waals surface area contributed by atoms with Gasteiger partial charge in [-0.05, 0) is 137 Å². The molecule has 3 aromatic carbocycles. The van der Waals surface area contributed by atoms with Crippen molar-refractivity contribution in [2.75, 3.05) is 32.8 Å². The van der Waals surface area contributed by atoms with Gasteiger partial charge in [-0.25, -0.2) is 0 Å². The number of aromatic hydroxyl groups is 1. The molecule has 0 unspecified atom stereocenters. The minimum absolute atomic E-state index is 0.00806. The Balaban J connectivity index is 1.26. The molecule has 11 N–H and O–H groups in total. The highest BCUT2D eigenvalue weighted by Gasteiger charge is 2.43. The van der Waals surface area contributed by atoms with E-state index in [0.717, 1.165) is 41.7 Å². The molecule has 0 spiro atoms. The number of aliphatic hydroxyl groups is 1. The molecule has 3 aliphatic rings. The second kappa shape index (κ2) is 26.8. The molecule has 6 rings (SSSR count). The number of aryl methyl sites for hydroxylation is 1. The number of benzene rings is 3. The molecule has 7 amide bonds. The zero-order valence-electron chi connectivity index (χ0n) is 41.5. The van der Waals surface area contributed by atoms with Crippen molar-refractivity contribution < 1.29 is 48.5 Å². The molecular formula is C53H73N9O10. The largest absolute Gasteiger partial charge is 0.508 e. The van der Waals surface area contributed by atoms with Gasteiger partial charge in [0.15, 0.2) is 0 Å². The number of rotatable bonds is 16. The van der Waals surface area contributed by atoms with Crippen molar-refractivity contribution >= 4 is 41.4 Å². The third-order valence-corrected chi connectivity index (χ3v) is 13.6. The molecule has 3 aliphatic heterocycles. The van der Waals surface area contributed by atoms with Gasteiger partial charge < -0.3 is 62.8 Å². The van der Waals surface area contributed by atoms with Crippen LogP contribution in [0, 0.1) is 0 Å². The van der Waals surface area contributed by atoms with E-state index in [1.54, 1.807) is 36.4 Å². The highest BCUT2D eigenvalue weighted by atomic mass is 16.5. The monoisotopic (exact) mass is 996 g/mol. The maximum Gasteiger partial charge on any atom is 0.251 e. The molecular weight excluding hydrogens is 923 g/mol. The maximum absolute atomic E-state index is 14.5. The normalized spacial score (nSPS) is 24.2. The lowest BCUT2D eigenvalue weighted by molar-refractivity contribution is -0.144. The van der Waals surface area contributed by atoms with Crippen molar-refractivity contribution in [1.29, 1.82) is 0 Å². The predicted molar refractivity (Wildman–Crippen MR) is 270 cm³/mol. The number of fused-ring (bicyclic) bond motifs is 2. The zero-order valence-corrected chi connectivity index (χ0v) is 41.5. The average molecular weight is 996 g/mol. The molecule has 3 fully saturated rings. The fraction of sp³-hybridized carbons (Fsp3) is 0.528. The number of nitrogens with zero attached hydrogens (tertiary/aromatic N) is 2. The van der Waals surface area contributed by atoms with Gasteiger partial charge in [0.25, 0.3) is 5.91 Å². The highest BCUT2D eigenvalue weighted by molar-refractivity contribution is 6.00. The second-order valence-corrected chi connectivity index (χ2v) is 19.1. The molecule has 72 heavy (non-hydrogen) atoms. The van der Waals surface area contributed by atoms with Crippen LogP contribution in [0.2, 0.25) is 0 Å². The third kappa shape index (κ3) is 15.0. The van der Waals surface area contributed by atoms with Crippen molar-refractivity contribution in [2.24, 2.45) is 11.5 Å². The average Bonchev–Trinajstić information content (AvgIpc) is 4.04. The van der Waals surface area contributed by atoms with Gasteiger partial charge in [0.2, 0.25) is 35.4 Å². The van der Waals surface area contributed by atoms with Gasteiger partial charge >= 0.3 is 0 Å². The Labute approximate surface area is 421 Å². The number of ether oxygens (including phenoxy) is 1. The minimum atomic E-state index is -1.53. The minimum Gasteiger partial charge on any atom is -0.508 e. The van der Waals surface area contributed by atoms with Crippen molar-refractivity contribution in [3.05, 3.63) is 83.9 Å². The number of aliphatic hydroxyl groups excluding tert-OH is 1. The number of amides is 7. The molecule has 0 aliphatic carbocycles. The summed E-state index contributed by atoms with van der Waals surface area (Å²) in [6, 6.07) is 13.2. The number of phenolic OH excluding ortho intramolecular Hbond substituents is 1. The van der Waals surface area contributed by atoms with Crippen LogP contribution < -0.4 is 42.8 Å². The Morgan fingerprint density at radius 3 is 2.14 bits per heavy atom. The summed E-state index contributed by atoms with van der Waals surface area (Å²) in [6.45, 7) is 4.65. The van der Waals surface area contributed by atoms with Crippen LogP contribution in [0.3, 0.4) is 0 Å². The van der Waals surface area contributed by atoms with Gasteiger partial charge in [0.1, 0.15) is 47.8 Å². The van der Waals surface area contributed by atoms with Crippen LogP contribution >= 0.6 is 0 Å². The molecule has 390 valence electrons. The van der Waals surface area contributed by atoms with Crippen molar-refractivity contribution in [3.8, 4) is 22.6 Å². The number of unbranched alkanes of at least 4 members (excludes halogenated alkanes) is 3. The van der Waals surface area contributed by atoms with Crippen LogP contribution in [-0.4, -0.2) is 143 Å². The van der Waals surface area contributed by atoms with E-state index in [9.17, 15) is 43.8 Å². The smallest absolute Gasteiger partial charge is 0.251 e. The summed E-state index contributed by atoms with van der Waals surface area (Å²) in [7, 11) is 0. The van der Waals surface area contributed by atoms with Crippen LogP contribution in [0.25, 0.3) is 11.1 Å². The topological polar surface area (TPSA) is 288 Å². The standard InChI is InChI=1S/C53H73N9O10/c1-3-4-7-30-72-40-24-20-36(21-25-40)35-16-18-37(19-17-35)47(65)57-41-11-8-28-56-50(68)45-31-38(55)32-62(45)52(70)43(10-5-6-27-54)59-48(66)42(26-15-34-13-22-39(64)23-14-34)58-51(69)44-12-9-29-61(44)53(71)46(33(2)63)60-49(41)67/h13-14,16-25,33,38,41-46,63-64H,3-12,15,26-32,54-55H2,1-2H3,(H,56,68)(H,57,65)(H,58,69)(H,59,66)(H,60,67)/t33-,38+,41+,42+,43+,44+,45+,46+/m1/s1. The summed E-state index contributed by atoms with van der Waals surface area (Å²) in [5.41, 5.74) is 14.9. The van der Waals surface area contributed by atoms with Crippen LogP contribution in [0.1, 0.15) is 107 Å². The molecule has 19 nitrogen and oxygen atoms in total. The fourth-order valence-corrected chi connectivity index (χ4v) is 9.46. The third-order valence-electron chi connectivity index (χ3n) is 13.6. The molecule has 0 bridgehead atoms. The van der Waals surface area contributed by atoms with Gasteiger partial charge in [-0.1, -0.05) is 56.2 Å². The van der Waals surface area contributed by atoms with Crippen LogP contribution in [0.4, 0.5) is 0 Å². The Morgan fingerprint density at radius 1 is 0.764 bits per heavy atom. The van der Waals surface area contributed by atoms with Crippen LogP contribution in [-0.2, 0) is 35.2 Å². The van der Waals surface area contributed by atoms with Gasteiger partial charge in [-0.2, -0.15) is 0 Å². The molecule has 0 aromatic heterocycles. The molecule has 3 heterocycles. The molecule has 0 radical (unpaired) electrons. The summed E-state index contributed by atoms with van der Waals surface area (Å²) in [6.07, 6.45) is 4.24. The predicted octanol–water partition coefficient (Wildman–Crippen LogP) is 2.15. The SMILES string of the molecule is CCCCCOc1ccc(-c2ccc(C(=O)N[C@H]3CCCNC(=O)[C@@H]4C[C@H](N)CN4C(=O)[C@H](CCCCN)NC(=O)[C@H](CCc4ccc(O)cc4)NC(=O)[C@@H]4CCCN4C(=O)[C@H]([C@@H](C)O)NC3=O)cc2)cc1. The van der Waals surface area contributed by atoms with E-state index in [1.807, 2.05) is 24.3 Å². The summed E-state index contributed by atoms with van der Waals surface area (Å²) in [5.74, 6) is -3.60. The molecule has 3 aromatic rings. The lowest BCUT2D eigenvalue weighted by Gasteiger charge is -2.32. The highest BCUT2D eigenvalue weighted by Crippen LogP contribution is 2.25. The Hall–Kier alpha value is -6.57. The Bertz CT molecular complexity index is 2310. The molecule has 3 saturated heterocycles. The summed E-state index contributed by atoms with van der Waals surface area (Å²) in [4.78, 5) is 102. The van der Waals surface area contributed by atoms with Gasteiger partial charge in [-0.15, -0.1) is 0 Å². The first-order chi connectivity index (χ1) is 34.7. The summed E-state index contributed by atoms with van der Waals surface area (Å²) >= 11 is 0. The number of nitrogens with two attached hydrogens (primary N) is 2. The van der Waals surface area contributed by atoms with E-state index in [4.69, 9.17) is 16.2 Å². The van der Waals surface area contributed by atoms with E-state index in [1.165, 1.54) is 28.9 Å². The quantitative estimate of drug-likeness (QED) is 0.0934. The fourth-order valence-electron chi connectivity index (χ4n) is 9.46. The lowest BCUT2D eigenvalue weighted by atomic mass is 10.0. The van der Waals surface area contributed by atoms with E-state index < -0.39 is 89.7 Å². The number of carbonyl (C=O) groups is 7. The van der Waals surface area contributed by atoms with Crippen LogP contribution in [0.5, 0.6) is 11.5 Å². The first-order valence-corrected chi connectivity index (χ1v) is 25.5. The summed E-state index contributed by atoms with van der Waals surface area (Å²) in [5, 5.41) is 34.9. The first-order valence-electron chi connectivity index (χ1n) is 25.5. The first kappa shape index (κ1) is 54.8. The van der Waals surface area contributed by atoms with E-state index in [2.05, 4.69) is 33.5 Å². The number of hydrogen-bond donors (Lipinski definition) is 9. The molecule has 0 saturated carbocycles. The van der Waals surface area contributed by atoms with E-state index in [0.29, 0.717) is 32.4 Å². The van der Waals surface area contributed by atoms with Crippen LogP contribution in [0.15, 0.2) is 72.8 Å². The van der Waals surface area contributed by atoms with Gasteiger partial charge in [0.05, 0.1) is 12.7 Å². The maximum atomic E-state index is 14.5. The van der Waals surface area contributed by atoms with Crippen molar-refractivity contribution in [3.63, 3.8) is 0 Å². The zero-order chi connectivity index (χ0) is 51.7. The van der Waals surface area contributed by atoms with Gasteiger partial charge in [0, 0.05) is 31.2 Å². The van der Waals surface area contributed by atoms with Gasteiger partial charge in [-0.3, -0.25) is 33.6 Å². The second-order valence-electron chi connectivity index (χ2n) is 19.1. The summed E-state index contributed by atoms with van der Waals surface area (Å²) < 4.78 is 5.85. The molecule has 8 atom stereocenters. The number of nitrogens with one attached hydrogen (secondary N) is 5. The number of phenols is 1. The Kier molecular flexibility index (Phi) is 20.3.